The molecule has 0 aliphatic rings. The number of ether oxygens (including phenoxy) is 2. The van der Waals surface area contributed by atoms with Gasteiger partial charge in [0.1, 0.15) is 5.84 Å². The van der Waals surface area contributed by atoms with Gasteiger partial charge in [0.15, 0.2) is 0 Å². The van der Waals surface area contributed by atoms with E-state index in [-0.39, 0.29) is 11.8 Å². The van der Waals surface area contributed by atoms with Gasteiger partial charge in [0.05, 0.1) is 6.61 Å². The number of methoxy groups -OCH3 is 1. The molecule has 0 aromatic heterocycles. The van der Waals surface area contributed by atoms with E-state index in [9.17, 15) is 0 Å². The zero-order valence-corrected chi connectivity index (χ0v) is 8.19. The summed E-state index contributed by atoms with van der Waals surface area (Å²) in [5, 5.41) is 11.2. The average Bonchev–Trinajstić information content (AvgIpc) is 2.16. The molecule has 0 radical (unpaired) electrons. The van der Waals surface area contributed by atoms with Crippen LogP contribution in [0.2, 0.25) is 0 Å². The van der Waals surface area contributed by atoms with Crippen LogP contribution in [-0.2, 0) is 9.47 Å². The first kappa shape index (κ1) is 12.2. The van der Waals surface area contributed by atoms with Gasteiger partial charge in [0.2, 0.25) is 0 Å². The van der Waals surface area contributed by atoms with Crippen molar-refractivity contribution in [3.63, 3.8) is 0 Å². The minimum absolute atomic E-state index is 0.0486. The van der Waals surface area contributed by atoms with Crippen molar-refractivity contribution in [3.8, 4) is 0 Å². The first-order chi connectivity index (χ1) is 6.22. The minimum Gasteiger partial charge on any atom is -0.409 e. The van der Waals surface area contributed by atoms with E-state index in [4.69, 9.17) is 20.4 Å². The summed E-state index contributed by atoms with van der Waals surface area (Å²) in [5.74, 6) is 0.152. The van der Waals surface area contributed by atoms with Crippen molar-refractivity contribution in [2.75, 3.05) is 26.9 Å². The molecular formula is C8H18N2O3. The monoisotopic (exact) mass is 190 g/mol. The maximum atomic E-state index is 8.33. The number of amidine groups is 1. The molecule has 0 saturated carbocycles. The Kier molecular flexibility index (Phi) is 7.33. The molecule has 13 heavy (non-hydrogen) atoms. The van der Waals surface area contributed by atoms with Crippen LogP contribution in [0.1, 0.15) is 13.3 Å². The van der Waals surface area contributed by atoms with Crippen LogP contribution in [0.25, 0.3) is 0 Å². The van der Waals surface area contributed by atoms with E-state index < -0.39 is 0 Å². The third kappa shape index (κ3) is 6.36. The Bertz CT molecular complexity index is 150. The molecule has 5 nitrogen and oxygen atoms in total. The molecule has 78 valence electrons. The second-order valence-electron chi connectivity index (χ2n) is 2.85. The molecular weight excluding hydrogens is 172 g/mol. The molecule has 0 saturated heterocycles. The SMILES string of the molecule is COCCCOCC(C)/C(N)=N/O. The second-order valence-corrected chi connectivity index (χ2v) is 2.85. The fourth-order valence-corrected chi connectivity index (χ4v) is 0.749. The summed E-state index contributed by atoms with van der Waals surface area (Å²) in [4.78, 5) is 0. The number of nitrogens with zero attached hydrogens (tertiary/aromatic N) is 1. The Morgan fingerprint density at radius 1 is 1.54 bits per heavy atom. The standard InChI is InChI=1S/C8H18N2O3/c1-7(8(9)10-11)6-13-5-3-4-12-2/h7,11H,3-6H2,1-2H3,(H2,9,10). The van der Waals surface area contributed by atoms with Gasteiger partial charge in [-0.05, 0) is 6.42 Å². The fraction of sp³-hybridized carbons (Fsp3) is 0.875. The van der Waals surface area contributed by atoms with E-state index in [0.29, 0.717) is 19.8 Å². The van der Waals surface area contributed by atoms with E-state index >= 15 is 0 Å². The number of hydrogen-bond acceptors (Lipinski definition) is 4. The molecule has 0 aliphatic heterocycles. The lowest BCUT2D eigenvalue weighted by molar-refractivity contribution is 0.0932. The van der Waals surface area contributed by atoms with Crippen molar-refractivity contribution in [3.05, 3.63) is 0 Å². The lowest BCUT2D eigenvalue weighted by Gasteiger charge is -2.09. The number of hydrogen-bond donors (Lipinski definition) is 2. The number of oxime groups is 1. The molecule has 5 heteroatoms. The zero-order valence-electron chi connectivity index (χ0n) is 8.19. The Morgan fingerprint density at radius 2 is 2.23 bits per heavy atom. The summed E-state index contributed by atoms with van der Waals surface area (Å²) >= 11 is 0. The lowest BCUT2D eigenvalue weighted by atomic mass is 10.2. The molecule has 1 atom stereocenters. The normalized spacial score (nSPS) is 14.5. The van der Waals surface area contributed by atoms with Crippen LogP contribution in [0.3, 0.4) is 0 Å². The van der Waals surface area contributed by atoms with Crippen LogP contribution in [-0.4, -0.2) is 38.0 Å². The third-order valence-corrected chi connectivity index (χ3v) is 1.63. The molecule has 0 fully saturated rings. The predicted molar refractivity (Wildman–Crippen MR) is 49.9 cm³/mol. The van der Waals surface area contributed by atoms with Crippen molar-refractivity contribution in [2.24, 2.45) is 16.8 Å². The van der Waals surface area contributed by atoms with Gasteiger partial charge in [-0.1, -0.05) is 12.1 Å². The molecule has 0 heterocycles. The Morgan fingerprint density at radius 3 is 2.77 bits per heavy atom. The quantitative estimate of drug-likeness (QED) is 0.200. The Balaban J connectivity index is 3.32. The lowest BCUT2D eigenvalue weighted by Crippen LogP contribution is -2.25. The molecule has 1 unspecified atom stereocenters. The highest BCUT2D eigenvalue weighted by Gasteiger charge is 2.06. The van der Waals surface area contributed by atoms with Crippen molar-refractivity contribution < 1.29 is 14.7 Å². The highest BCUT2D eigenvalue weighted by Crippen LogP contribution is 1.96. The molecule has 0 amide bonds. The van der Waals surface area contributed by atoms with Crippen molar-refractivity contribution in [2.45, 2.75) is 13.3 Å². The average molecular weight is 190 g/mol. The maximum Gasteiger partial charge on any atom is 0.144 e. The predicted octanol–water partition coefficient (Wildman–Crippen LogP) is 0.422. The van der Waals surface area contributed by atoms with Crippen LogP contribution in [0.15, 0.2) is 5.16 Å². The molecule has 0 aromatic carbocycles. The third-order valence-electron chi connectivity index (χ3n) is 1.63. The van der Waals surface area contributed by atoms with Crippen molar-refractivity contribution in [1.82, 2.24) is 0 Å². The van der Waals surface area contributed by atoms with Gasteiger partial charge >= 0.3 is 0 Å². The highest BCUT2D eigenvalue weighted by molar-refractivity contribution is 5.81. The number of nitrogens with two attached hydrogens (primary N) is 1. The van der Waals surface area contributed by atoms with Gasteiger partial charge in [-0.3, -0.25) is 0 Å². The molecule has 0 bridgehead atoms. The first-order valence-corrected chi connectivity index (χ1v) is 4.26. The Hall–Kier alpha value is -0.810. The Labute approximate surface area is 78.5 Å². The van der Waals surface area contributed by atoms with E-state index in [1.807, 2.05) is 6.92 Å². The first-order valence-electron chi connectivity index (χ1n) is 4.26. The van der Waals surface area contributed by atoms with E-state index in [2.05, 4.69) is 5.16 Å². The number of rotatable bonds is 7. The van der Waals surface area contributed by atoms with Gasteiger partial charge in [-0.25, -0.2) is 0 Å². The summed E-state index contributed by atoms with van der Waals surface area (Å²) < 4.78 is 10.1. The summed E-state index contributed by atoms with van der Waals surface area (Å²) in [6.45, 7) is 3.64. The zero-order chi connectivity index (χ0) is 10.1. The van der Waals surface area contributed by atoms with Gasteiger partial charge < -0.3 is 20.4 Å². The summed E-state index contributed by atoms with van der Waals surface area (Å²) in [6, 6.07) is 0. The van der Waals surface area contributed by atoms with Crippen molar-refractivity contribution in [1.29, 1.82) is 0 Å². The molecule has 0 spiro atoms. The van der Waals surface area contributed by atoms with Gasteiger partial charge in [-0.2, -0.15) is 0 Å². The van der Waals surface area contributed by atoms with Gasteiger partial charge in [-0.15, -0.1) is 0 Å². The minimum atomic E-state index is -0.0486. The summed E-state index contributed by atoms with van der Waals surface area (Å²) in [7, 11) is 1.65. The van der Waals surface area contributed by atoms with E-state index in [1.54, 1.807) is 7.11 Å². The van der Waals surface area contributed by atoms with Gasteiger partial charge in [0.25, 0.3) is 0 Å². The van der Waals surface area contributed by atoms with Crippen LogP contribution in [0, 0.1) is 5.92 Å². The largest absolute Gasteiger partial charge is 0.409 e. The molecule has 0 aliphatic carbocycles. The fourth-order valence-electron chi connectivity index (χ4n) is 0.749. The highest BCUT2D eigenvalue weighted by atomic mass is 16.5. The van der Waals surface area contributed by atoms with E-state index in [0.717, 1.165) is 6.42 Å². The van der Waals surface area contributed by atoms with Crippen LogP contribution >= 0.6 is 0 Å². The summed E-state index contributed by atoms with van der Waals surface area (Å²) in [6.07, 6.45) is 0.861. The van der Waals surface area contributed by atoms with Gasteiger partial charge in [0, 0.05) is 26.2 Å². The molecule has 3 N–H and O–H groups in total. The smallest absolute Gasteiger partial charge is 0.144 e. The van der Waals surface area contributed by atoms with Crippen LogP contribution < -0.4 is 5.73 Å². The summed E-state index contributed by atoms with van der Waals surface area (Å²) in [5.41, 5.74) is 5.35. The topological polar surface area (TPSA) is 77.1 Å². The molecule has 0 aromatic rings. The van der Waals surface area contributed by atoms with E-state index in [1.165, 1.54) is 0 Å². The second kappa shape index (κ2) is 7.82. The van der Waals surface area contributed by atoms with Crippen LogP contribution in [0.5, 0.6) is 0 Å². The maximum absolute atomic E-state index is 8.33. The van der Waals surface area contributed by atoms with Crippen molar-refractivity contribution >= 4 is 5.84 Å². The molecule has 0 rings (SSSR count). The van der Waals surface area contributed by atoms with Crippen LogP contribution in [0.4, 0.5) is 0 Å².